The highest BCUT2D eigenvalue weighted by Gasteiger charge is 2.26. The van der Waals surface area contributed by atoms with Crippen LogP contribution in [0.3, 0.4) is 0 Å². The Morgan fingerprint density at radius 1 is 1.50 bits per heavy atom. The number of aromatic hydroxyl groups is 1. The third-order valence-electron chi connectivity index (χ3n) is 2.37. The van der Waals surface area contributed by atoms with E-state index in [9.17, 15) is 14.3 Å². The molecule has 1 atom stereocenters. The molecule has 1 saturated heterocycles. The largest absolute Gasteiger partial charge is 0.507 e. The Balaban J connectivity index is 2.36. The van der Waals surface area contributed by atoms with Crippen LogP contribution in [-0.2, 0) is 4.79 Å². The molecule has 1 fully saturated rings. The van der Waals surface area contributed by atoms with E-state index in [0.717, 1.165) is 0 Å². The highest BCUT2D eigenvalue weighted by Crippen LogP contribution is 2.32. The van der Waals surface area contributed by atoms with Crippen LogP contribution in [0.1, 0.15) is 24.4 Å². The van der Waals surface area contributed by atoms with Crippen molar-refractivity contribution < 1.29 is 14.3 Å². The summed E-state index contributed by atoms with van der Waals surface area (Å²) in [5.74, 6) is -0.674. The van der Waals surface area contributed by atoms with Gasteiger partial charge in [-0.25, -0.2) is 4.39 Å². The molecule has 74 valence electrons. The van der Waals surface area contributed by atoms with Crippen LogP contribution in [0.5, 0.6) is 5.75 Å². The van der Waals surface area contributed by atoms with E-state index >= 15 is 0 Å². The van der Waals surface area contributed by atoms with Crippen LogP contribution in [0.2, 0.25) is 0 Å². The molecule has 1 heterocycles. The summed E-state index contributed by atoms with van der Waals surface area (Å²) in [6.07, 6.45) is 0.922. The lowest BCUT2D eigenvalue weighted by atomic mass is 10.0. The summed E-state index contributed by atoms with van der Waals surface area (Å²) in [6, 6.07) is 3.75. The van der Waals surface area contributed by atoms with Gasteiger partial charge in [-0.2, -0.15) is 0 Å². The van der Waals surface area contributed by atoms with Crippen LogP contribution in [0.15, 0.2) is 18.2 Å². The van der Waals surface area contributed by atoms with E-state index in [4.69, 9.17) is 0 Å². The minimum Gasteiger partial charge on any atom is -0.507 e. The van der Waals surface area contributed by atoms with Crippen molar-refractivity contribution in [1.29, 1.82) is 0 Å². The lowest BCUT2D eigenvalue weighted by Gasteiger charge is -2.12. The fourth-order valence-electron chi connectivity index (χ4n) is 1.70. The number of carbonyl (C=O) groups is 1. The molecule has 1 aliphatic heterocycles. The van der Waals surface area contributed by atoms with Gasteiger partial charge in [-0.05, 0) is 18.6 Å². The second-order valence-electron chi connectivity index (χ2n) is 3.33. The van der Waals surface area contributed by atoms with E-state index in [1.165, 1.54) is 18.2 Å². The maximum Gasteiger partial charge on any atom is 0.220 e. The molecule has 0 aliphatic carbocycles. The fourth-order valence-corrected chi connectivity index (χ4v) is 1.70. The molecule has 4 heteroatoms. The first-order valence-corrected chi connectivity index (χ1v) is 4.45. The zero-order valence-corrected chi connectivity index (χ0v) is 7.46. The molecule has 1 amide bonds. The topological polar surface area (TPSA) is 49.3 Å². The lowest BCUT2D eigenvalue weighted by Crippen LogP contribution is -2.19. The summed E-state index contributed by atoms with van der Waals surface area (Å²) >= 11 is 0. The Kier molecular flexibility index (Phi) is 2.11. The van der Waals surface area contributed by atoms with Gasteiger partial charge in [0.2, 0.25) is 5.91 Å². The van der Waals surface area contributed by atoms with Crippen LogP contribution in [0.25, 0.3) is 0 Å². The number of halogens is 1. The summed E-state index contributed by atoms with van der Waals surface area (Å²) in [6.45, 7) is 0. The number of hydrogen-bond acceptors (Lipinski definition) is 2. The van der Waals surface area contributed by atoms with Crippen molar-refractivity contribution in [2.75, 3.05) is 0 Å². The number of benzene rings is 1. The average molecular weight is 195 g/mol. The molecule has 2 N–H and O–H groups in total. The molecule has 3 nitrogen and oxygen atoms in total. The molecule has 0 saturated carbocycles. The van der Waals surface area contributed by atoms with E-state index in [1.807, 2.05) is 0 Å². The standard InChI is InChI=1S/C10H10FNO2/c11-6-2-1-3-8(13)10(6)7-4-5-9(14)12-7/h1-3,7,13H,4-5H2,(H,12,14). The Labute approximate surface area is 80.6 Å². The number of nitrogens with one attached hydrogen (secondary N) is 1. The van der Waals surface area contributed by atoms with Crippen molar-refractivity contribution in [3.8, 4) is 5.75 Å². The van der Waals surface area contributed by atoms with E-state index in [-0.39, 0.29) is 23.3 Å². The Hall–Kier alpha value is -1.58. The molecule has 0 radical (unpaired) electrons. The van der Waals surface area contributed by atoms with E-state index in [2.05, 4.69) is 5.32 Å². The normalized spacial score (nSPS) is 20.9. The molecule has 0 bridgehead atoms. The highest BCUT2D eigenvalue weighted by atomic mass is 19.1. The number of phenols is 1. The van der Waals surface area contributed by atoms with E-state index < -0.39 is 5.82 Å². The summed E-state index contributed by atoms with van der Waals surface area (Å²) in [4.78, 5) is 10.9. The first-order valence-electron chi connectivity index (χ1n) is 4.45. The molecule has 0 aromatic heterocycles. The van der Waals surface area contributed by atoms with Crippen LogP contribution < -0.4 is 5.32 Å². The maximum absolute atomic E-state index is 13.3. The SMILES string of the molecule is O=C1CCC(c2c(O)cccc2F)N1. The second kappa shape index (κ2) is 3.29. The molecule has 1 aromatic carbocycles. The minimum atomic E-state index is -0.475. The van der Waals surface area contributed by atoms with Gasteiger partial charge in [0.15, 0.2) is 0 Å². The van der Waals surface area contributed by atoms with Crippen LogP contribution in [0.4, 0.5) is 4.39 Å². The number of rotatable bonds is 1. The molecule has 1 unspecified atom stereocenters. The molecule has 2 rings (SSSR count). The van der Waals surface area contributed by atoms with Crippen molar-refractivity contribution in [1.82, 2.24) is 5.32 Å². The molecule has 14 heavy (non-hydrogen) atoms. The Morgan fingerprint density at radius 2 is 2.29 bits per heavy atom. The first kappa shape index (κ1) is 8.99. The minimum absolute atomic E-state index is 0.0994. The predicted molar refractivity (Wildman–Crippen MR) is 48.2 cm³/mol. The van der Waals surface area contributed by atoms with Crippen LogP contribution >= 0.6 is 0 Å². The van der Waals surface area contributed by atoms with Crippen LogP contribution in [-0.4, -0.2) is 11.0 Å². The summed E-state index contributed by atoms with van der Waals surface area (Å²) < 4.78 is 13.3. The van der Waals surface area contributed by atoms with Gasteiger partial charge >= 0.3 is 0 Å². The van der Waals surface area contributed by atoms with Gasteiger partial charge in [-0.15, -0.1) is 0 Å². The first-order chi connectivity index (χ1) is 6.68. The summed E-state index contributed by atoms with van der Waals surface area (Å²) in [5, 5.41) is 12.1. The quantitative estimate of drug-likeness (QED) is 0.713. The number of carbonyl (C=O) groups excluding carboxylic acids is 1. The third kappa shape index (κ3) is 1.43. The van der Waals surface area contributed by atoms with Gasteiger partial charge in [-0.1, -0.05) is 6.07 Å². The third-order valence-corrected chi connectivity index (χ3v) is 2.37. The zero-order valence-electron chi connectivity index (χ0n) is 7.46. The Morgan fingerprint density at radius 3 is 2.86 bits per heavy atom. The monoisotopic (exact) mass is 195 g/mol. The van der Waals surface area contributed by atoms with Crippen LogP contribution in [0, 0.1) is 5.82 Å². The maximum atomic E-state index is 13.3. The molecule has 1 aliphatic rings. The number of hydrogen-bond donors (Lipinski definition) is 2. The van der Waals surface area contributed by atoms with Gasteiger partial charge in [-0.3, -0.25) is 4.79 Å². The second-order valence-corrected chi connectivity index (χ2v) is 3.33. The summed E-state index contributed by atoms with van der Waals surface area (Å²) in [7, 11) is 0. The van der Waals surface area contributed by atoms with Crippen molar-refractivity contribution in [3.63, 3.8) is 0 Å². The average Bonchev–Trinajstić information content (AvgIpc) is 2.51. The molecule has 0 spiro atoms. The zero-order chi connectivity index (χ0) is 10.1. The summed E-state index contributed by atoms with van der Waals surface area (Å²) in [5.41, 5.74) is 0.193. The van der Waals surface area contributed by atoms with Crippen molar-refractivity contribution >= 4 is 5.91 Å². The van der Waals surface area contributed by atoms with Gasteiger partial charge in [0.25, 0.3) is 0 Å². The smallest absolute Gasteiger partial charge is 0.220 e. The lowest BCUT2D eigenvalue weighted by molar-refractivity contribution is -0.119. The predicted octanol–water partition coefficient (Wildman–Crippen LogP) is 1.48. The van der Waals surface area contributed by atoms with Gasteiger partial charge < -0.3 is 10.4 Å². The van der Waals surface area contributed by atoms with Crippen molar-refractivity contribution in [3.05, 3.63) is 29.6 Å². The molecule has 1 aromatic rings. The van der Waals surface area contributed by atoms with Crippen molar-refractivity contribution in [2.24, 2.45) is 0 Å². The van der Waals surface area contributed by atoms with E-state index in [1.54, 1.807) is 0 Å². The van der Waals surface area contributed by atoms with Crippen molar-refractivity contribution in [2.45, 2.75) is 18.9 Å². The number of phenolic OH excluding ortho intramolecular Hbond substituents is 1. The van der Waals surface area contributed by atoms with Gasteiger partial charge in [0.1, 0.15) is 11.6 Å². The molecular formula is C10H10FNO2. The highest BCUT2D eigenvalue weighted by molar-refractivity contribution is 5.79. The van der Waals surface area contributed by atoms with Gasteiger partial charge in [0.05, 0.1) is 11.6 Å². The fraction of sp³-hybridized carbons (Fsp3) is 0.300. The Bertz CT molecular complexity index is 358. The van der Waals surface area contributed by atoms with Gasteiger partial charge in [0, 0.05) is 6.42 Å². The van der Waals surface area contributed by atoms with E-state index in [0.29, 0.717) is 12.8 Å². The number of amides is 1. The molecular weight excluding hydrogens is 185 g/mol.